The van der Waals surface area contributed by atoms with E-state index < -0.39 is 23.1 Å². The largest absolute Gasteiger partial charge is 0.493 e. The van der Waals surface area contributed by atoms with Gasteiger partial charge in [-0.1, -0.05) is 12.1 Å². The van der Waals surface area contributed by atoms with E-state index in [4.69, 9.17) is 14.2 Å². The molecule has 2 aromatic carbocycles. The van der Waals surface area contributed by atoms with Gasteiger partial charge in [-0.25, -0.2) is 8.78 Å². The second-order valence-electron chi connectivity index (χ2n) is 6.21. The van der Waals surface area contributed by atoms with Crippen LogP contribution in [0.3, 0.4) is 0 Å². The minimum atomic E-state index is -0.900. The van der Waals surface area contributed by atoms with E-state index in [1.54, 1.807) is 18.2 Å². The highest BCUT2D eigenvalue weighted by atomic mass is 19.1. The molecular weight excluding hydrogens is 356 g/mol. The lowest BCUT2D eigenvalue weighted by molar-refractivity contribution is 0.0669. The number of amides is 1. The predicted molar refractivity (Wildman–Crippen MR) is 95.0 cm³/mol. The minimum Gasteiger partial charge on any atom is -0.493 e. The Bertz CT molecular complexity index is 786. The molecule has 5 nitrogen and oxygen atoms in total. The van der Waals surface area contributed by atoms with Gasteiger partial charge in [-0.2, -0.15) is 0 Å². The third kappa shape index (κ3) is 4.74. The molecule has 0 unspecified atom stereocenters. The molecule has 2 aromatic rings. The van der Waals surface area contributed by atoms with Crippen LogP contribution in [0.15, 0.2) is 36.4 Å². The summed E-state index contributed by atoms with van der Waals surface area (Å²) < 4.78 is 43.9. The number of benzene rings is 2. The van der Waals surface area contributed by atoms with Crippen LogP contribution in [-0.2, 0) is 11.3 Å². The molecule has 0 aromatic heterocycles. The van der Waals surface area contributed by atoms with E-state index in [0.29, 0.717) is 23.7 Å². The van der Waals surface area contributed by atoms with Crippen molar-refractivity contribution in [2.75, 3.05) is 20.3 Å². The molecule has 0 bridgehead atoms. The SMILES string of the molecule is COc1cc(CNC(=O)c2c(F)cccc2F)ccc1OC[C@@H]1CCCO1. The summed E-state index contributed by atoms with van der Waals surface area (Å²) in [5, 5.41) is 2.51. The quantitative estimate of drug-likeness (QED) is 0.803. The van der Waals surface area contributed by atoms with Gasteiger partial charge in [0, 0.05) is 13.2 Å². The number of carbonyl (C=O) groups is 1. The van der Waals surface area contributed by atoms with Crippen molar-refractivity contribution in [3.05, 3.63) is 59.2 Å². The lowest BCUT2D eigenvalue weighted by Gasteiger charge is -2.15. The highest BCUT2D eigenvalue weighted by molar-refractivity contribution is 5.94. The molecule has 1 atom stereocenters. The summed E-state index contributed by atoms with van der Waals surface area (Å²) in [6.45, 7) is 1.29. The number of ether oxygens (including phenoxy) is 3. The zero-order valence-corrected chi connectivity index (χ0v) is 15.0. The van der Waals surface area contributed by atoms with Crippen LogP contribution in [0.2, 0.25) is 0 Å². The first-order chi connectivity index (χ1) is 13.1. The highest BCUT2D eigenvalue weighted by Crippen LogP contribution is 2.29. The van der Waals surface area contributed by atoms with Gasteiger partial charge in [-0.15, -0.1) is 0 Å². The molecule has 1 N–H and O–H groups in total. The molecule has 0 radical (unpaired) electrons. The van der Waals surface area contributed by atoms with Crippen molar-refractivity contribution in [3.8, 4) is 11.5 Å². The maximum absolute atomic E-state index is 13.7. The zero-order chi connectivity index (χ0) is 19.2. The average Bonchev–Trinajstić information content (AvgIpc) is 3.18. The smallest absolute Gasteiger partial charge is 0.257 e. The molecule has 7 heteroatoms. The molecule has 1 fully saturated rings. The van der Waals surface area contributed by atoms with Crippen LogP contribution in [0.5, 0.6) is 11.5 Å². The van der Waals surface area contributed by atoms with E-state index in [1.807, 2.05) is 0 Å². The van der Waals surface area contributed by atoms with Gasteiger partial charge in [0.15, 0.2) is 11.5 Å². The van der Waals surface area contributed by atoms with Crippen LogP contribution < -0.4 is 14.8 Å². The average molecular weight is 377 g/mol. The maximum Gasteiger partial charge on any atom is 0.257 e. The van der Waals surface area contributed by atoms with Crippen molar-refractivity contribution in [2.24, 2.45) is 0 Å². The van der Waals surface area contributed by atoms with Crippen LogP contribution in [0.4, 0.5) is 8.78 Å². The normalized spacial score (nSPS) is 16.2. The van der Waals surface area contributed by atoms with Gasteiger partial charge in [0.25, 0.3) is 5.91 Å². The summed E-state index contributed by atoms with van der Waals surface area (Å²) in [7, 11) is 1.52. The first-order valence-corrected chi connectivity index (χ1v) is 8.72. The fourth-order valence-electron chi connectivity index (χ4n) is 2.89. The molecule has 1 heterocycles. The summed E-state index contributed by atoms with van der Waals surface area (Å²) in [6.07, 6.45) is 2.09. The Morgan fingerprint density at radius 1 is 1.22 bits per heavy atom. The maximum atomic E-state index is 13.7. The summed E-state index contributed by atoms with van der Waals surface area (Å²) in [5.41, 5.74) is 0.113. The summed E-state index contributed by atoms with van der Waals surface area (Å²) in [4.78, 5) is 12.1. The third-order valence-electron chi connectivity index (χ3n) is 4.32. The Kier molecular flexibility index (Phi) is 6.24. The van der Waals surface area contributed by atoms with Crippen molar-refractivity contribution < 1.29 is 27.8 Å². The predicted octanol–water partition coefficient (Wildman–Crippen LogP) is 3.46. The number of hydrogen-bond acceptors (Lipinski definition) is 4. The van der Waals surface area contributed by atoms with Crippen molar-refractivity contribution in [1.82, 2.24) is 5.32 Å². The van der Waals surface area contributed by atoms with Crippen molar-refractivity contribution in [3.63, 3.8) is 0 Å². The zero-order valence-electron chi connectivity index (χ0n) is 15.0. The molecule has 27 heavy (non-hydrogen) atoms. The van der Waals surface area contributed by atoms with Crippen molar-refractivity contribution in [2.45, 2.75) is 25.5 Å². The fourth-order valence-corrected chi connectivity index (χ4v) is 2.89. The van der Waals surface area contributed by atoms with E-state index in [9.17, 15) is 13.6 Å². The number of carbonyl (C=O) groups excluding carboxylic acids is 1. The number of halogens is 2. The summed E-state index contributed by atoms with van der Waals surface area (Å²) >= 11 is 0. The van der Waals surface area contributed by atoms with E-state index in [1.165, 1.54) is 13.2 Å². The van der Waals surface area contributed by atoms with Gasteiger partial charge in [0.05, 0.1) is 13.2 Å². The highest BCUT2D eigenvalue weighted by Gasteiger charge is 2.18. The molecule has 1 aliphatic heterocycles. The molecule has 0 spiro atoms. The van der Waals surface area contributed by atoms with Crippen LogP contribution in [0.1, 0.15) is 28.8 Å². The molecule has 1 aliphatic rings. The van der Waals surface area contributed by atoms with Gasteiger partial charge in [-0.05, 0) is 42.7 Å². The van der Waals surface area contributed by atoms with Gasteiger partial charge < -0.3 is 19.5 Å². The molecule has 0 aliphatic carbocycles. The second kappa shape index (κ2) is 8.81. The van der Waals surface area contributed by atoms with Crippen LogP contribution >= 0.6 is 0 Å². The lowest BCUT2D eigenvalue weighted by atomic mass is 10.1. The monoisotopic (exact) mass is 377 g/mol. The molecule has 0 saturated carbocycles. The van der Waals surface area contributed by atoms with Crippen molar-refractivity contribution >= 4 is 5.91 Å². The number of rotatable bonds is 7. The fraction of sp³-hybridized carbons (Fsp3) is 0.350. The Balaban J connectivity index is 1.62. The summed E-state index contributed by atoms with van der Waals surface area (Å²) in [5.74, 6) is -1.53. The van der Waals surface area contributed by atoms with Gasteiger partial charge >= 0.3 is 0 Å². The van der Waals surface area contributed by atoms with E-state index in [2.05, 4.69) is 5.32 Å². The lowest BCUT2D eigenvalue weighted by Crippen LogP contribution is -2.25. The first-order valence-electron chi connectivity index (χ1n) is 8.72. The van der Waals surface area contributed by atoms with Gasteiger partial charge in [-0.3, -0.25) is 4.79 Å². The molecule has 1 saturated heterocycles. The second-order valence-corrected chi connectivity index (χ2v) is 6.21. The Hall–Kier alpha value is -2.67. The van der Waals surface area contributed by atoms with E-state index >= 15 is 0 Å². The third-order valence-corrected chi connectivity index (χ3v) is 4.32. The van der Waals surface area contributed by atoms with Crippen LogP contribution in [-0.4, -0.2) is 32.3 Å². The van der Waals surface area contributed by atoms with Gasteiger partial charge in [0.2, 0.25) is 0 Å². The van der Waals surface area contributed by atoms with E-state index in [-0.39, 0.29) is 12.6 Å². The molecule has 3 rings (SSSR count). The Morgan fingerprint density at radius 3 is 2.67 bits per heavy atom. The van der Waals surface area contributed by atoms with E-state index in [0.717, 1.165) is 31.6 Å². The molecule has 1 amide bonds. The Labute approximate surface area is 156 Å². The van der Waals surface area contributed by atoms with Crippen molar-refractivity contribution in [1.29, 1.82) is 0 Å². The molecule has 144 valence electrons. The standard InChI is InChI=1S/C20H21F2NO4/c1-25-18-10-13(7-8-17(18)27-12-14-4-3-9-26-14)11-23-20(24)19-15(21)5-2-6-16(19)22/h2,5-8,10,14H,3-4,9,11-12H2,1H3,(H,23,24)/t14-/m0/s1. The number of nitrogens with one attached hydrogen (secondary N) is 1. The first kappa shape index (κ1) is 19.1. The molecular formula is C20H21F2NO4. The Morgan fingerprint density at radius 2 is 2.00 bits per heavy atom. The topological polar surface area (TPSA) is 56.8 Å². The minimum absolute atomic E-state index is 0.0873. The summed E-state index contributed by atoms with van der Waals surface area (Å²) in [6, 6.07) is 8.50. The number of methoxy groups -OCH3 is 1. The van der Waals surface area contributed by atoms with Crippen LogP contribution in [0, 0.1) is 11.6 Å². The number of hydrogen-bond donors (Lipinski definition) is 1. The van der Waals surface area contributed by atoms with Gasteiger partial charge in [0.1, 0.15) is 23.8 Å². The van der Waals surface area contributed by atoms with Crippen LogP contribution in [0.25, 0.3) is 0 Å².